The van der Waals surface area contributed by atoms with Gasteiger partial charge in [-0.2, -0.15) is 4.83 Å². The van der Waals surface area contributed by atoms with E-state index in [1.54, 1.807) is 20.3 Å². The Labute approximate surface area is 81.5 Å². The second-order valence-corrected chi connectivity index (χ2v) is 3.12. The number of hydrazine groups is 1. The first kappa shape index (κ1) is 10.2. The van der Waals surface area contributed by atoms with Gasteiger partial charge in [-0.25, -0.2) is 0 Å². The molecule has 0 aliphatic carbocycles. The summed E-state index contributed by atoms with van der Waals surface area (Å²) in [5, 5.41) is 0. The molecule has 0 bridgehead atoms. The van der Waals surface area contributed by atoms with Crippen LogP contribution in [-0.2, 0) is 0 Å². The number of nitrogens with one attached hydrogen (secondary N) is 1. The van der Waals surface area contributed by atoms with Crippen molar-refractivity contribution < 1.29 is 9.47 Å². The van der Waals surface area contributed by atoms with Crippen molar-refractivity contribution in [1.29, 1.82) is 0 Å². The van der Waals surface area contributed by atoms with Gasteiger partial charge in [0.25, 0.3) is 0 Å². The maximum atomic E-state index is 5.18. The van der Waals surface area contributed by atoms with Gasteiger partial charge in [0.2, 0.25) is 0 Å². The second kappa shape index (κ2) is 4.96. The molecule has 13 heavy (non-hydrogen) atoms. The fraction of sp³-hybridized carbons (Fsp3) is 0.250. The minimum atomic E-state index is 0.738. The van der Waals surface area contributed by atoms with Gasteiger partial charge in [-0.15, -0.1) is 0 Å². The van der Waals surface area contributed by atoms with Gasteiger partial charge in [0, 0.05) is 6.07 Å². The van der Waals surface area contributed by atoms with E-state index >= 15 is 0 Å². The summed E-state index contributed by atoms with van der Waals surface area (Å²) in [6.07, 6.45) is 0. The molecule has 1 rings (SSSR count). The van der Waals surface area contributed by atoms with E-state index in [0.717, 1.165) is 16.4 Å². The minimum absolute atomic E-state index is 0.738. The Bertz CT molecular complexity index is 281. The summed E-state index contributed by atoms with van der Waals surface area (Å²) in [4.78, 5) is 3.41. The molecular weight excluding hydrogens is 188 g/mol. The van der Waals surface area contributed by atoms with E-state index in [-0.39, 0.29) is 0 Å². The molecule has 0 unspecified atom stereocenters. The summed E-state index contributed by atoms with van der Waals surface area (Å²) in [5.41, 5.74) is 0. The van der Waals surface area contributed by atoms with Gasteiger partial charge >= 0.3 is 0 Å². The van der Waals surface area contributed by atoms with Gasteiger partial charge in [-0.05, 0) is 24.1 Å². The van der Waals surface area contributed by atoms with Crippen LogP contribution in [0.3, 0.4) is 0 Å². The zero-order valence-electron chi connectivity index (χ0n) is 7.53. The molecule has 0 fully saturated rings. The van der Waals surface area contributed by atoms with Crippen molar-refractivity contribution in [3.8, 4) is 11.5 Å². The molecule has 0 saturated heterocycles. The van der Waals surface area contributed by atoms with Crippen molar-refractivity contribution >= 4 is 11.9 Å². The van der Waals surface area contributed by atoms with Crippen LogP contribution in [0.2, 0.25) is 0 Å². The van der Waals surface area contributed by atoms with Gasteiger partial charge in [0.05, 0.1) is 19.1 Å². The predicted molar refractivity (Wildman–Crippen MR) is 52.7 cm³/mol. The lowest BCUT2D eigenvalue weighted by molar-refractivity contribution is 0.387. The van der Waals surface area contributed by atoms with E-state index in [1.165, 1.54) is 11.9 Å². The maximum absolute atomic E-state index is 5.18. The van der Waals surface area contributed by atoms with Crippen molar-refractivity contribution in [2.24, 2.45) is 5.84 Å². The minimum Gasteiger partial charge on any atom is -0.497 e. The summed E-state index contributed by atoms with van der Waals surface area (Å²) in [6, 6.07) is 5.53. The molecule has 5 heteroatoms. The average molecular weight is 200 g/mol. The lowest BCUT2D eigenvalue weighted by Crippen LogP contribution is -2.11. The molecule has 0 aliphatic heterocycles. The van der Waals surface area contributed by atoms with E-state index < -0.39 is 0 Å². The molecular formula is C8H12N2O2S. The molecule has 72 valence electrons. The second-order valence-electron chi connectivity index (χ2n) is 2.24. The first-order chi connectivity index (χ1) is 6.31. The van der Waals surface area contributed by atoms with E-state index in [4.69, 9.17) is 15.3 Å². The Balaban J connectivity index is 2.93. The molecule has 3 N–H and O–H groups in total. The maximum Gasteiger partial charge on any atom is 0.137 e. The van der Waals surface area contributed by atoms with Crippen molar-refractivity contribution in [3.63, 3.8) is 0 Å². The van der Waals surface area contributed by atoms with Crippen molar-refractivity contribution in [3.05, 3.63) is 18.2 Å². The fourth-order valence-corrected chi connectivity index (χ4v) is 1.43. The van der Waals surface area contributed by atoms with Crippen molar-refractivity contribution in [2.45, 2.75) is 4.90 Å². The Morgan fingerprint density at radius 1 is 1.31 bits per heavy atom. The van der Waals surface area contributed by atoms with Gasteiger partial charge in [0.15, 0.2) is 0 Å². The van der Waals surface area contributed by atoms with Crippen LogP contribution in [-0.4, -0.2) is 14.2 Å². The Morgan fingerprint density at radius 3 is 2.62 bits per heavy atom. The number of hydrogen-bond donors (Lipinski definition) is 2. The van der Waals surface area contributed by atoms with Gasteiger partial charge in [-0.1, -0.05) is 0 Å². The Kier molecular flexibility index (Phi) is 3.88. The molecule has 0 spiro atoms. The highest BCUT2D eigenvalue weighted by molar-refractivity contribution is 7.97. The third-order valence-corrected chi connectivity index (χ3v) is 2.21. The largest absolute Gasteiger partial charge is 0.497 e. The summed E-state index contributed by atoms with van der Waals surface area (Å²) in [5.74, 6) is 6.68. The molecule has 0 aliphatic rings. The number of methoxy groups -OCH3 is 2. The van der Waals surface area contributed by atoms with Gasteiger partial charge in [-0.3, -0.25) is 5.84 Å². The lowest BCUT2D eigenvalue weighted by atomic mass is 10.3. The monoisotopic (exact) mass is 200 g/mol. The van der Waals surface area contributed by atoms with E-state index in [1.807, 2.05) is 12.1 Å². The van der Waals surface area contributed by atoms with Crippen LogP contribution < -0.4 is 20.1 Å². The van der Waals surface area contributed by atoms with Crippen LogP contribution >= 0.6 is 11.9 Å². The average Bonchev–Trinajstić information content (AvgIpc) is 2.19. The summed E-state index contributed by atoms with van der Waals surface area (Å²) < 4.78 is 10.2. The first-order valence-corrected chi connectivity index (χ1v) is 4.48. The number of hydrogen-bond acceptors (Lipinski definition) is 5. The van der Waals surface area contributed by atoms with Crippen LogP contribution in [0, 0.1) is 0 Å². The number of rotatable bonds is 4. The van der Waals surface area contributed by atoms with Crippen LogP contribution in [0.25, 0.3) is 0 Å². The zero-order chi connectivity index (χ0) is 9.68. The number of benzene rings is 1. The van der Waals surface area contributed by atoms with Gasteiger partial charge in [0.1, 0.15) is 11.5 Å². The van der Waals surface area contributed by atoms with Crippen molar-refractivity contribution in [1.82, 2.24) is 4.83 Å². The topological polar surface area (TPSA) is 56.5 Å². The zero-order valence-corrected chi connectivity index (χ0v) is 8.35. The molecule has 0 aromatic heterocycles. The van der Waals surface area contributed by atoms with E-state index in [2.05, 4.69) is 4.83 Å². The summed E-state index contributed by atoms with van der Waals surface area (Å²) in [7, 11) is 3.22. The molecule has 0 amide bonds. The van der Waals surface area contributed by atoms with E-state index in [0.29, 0.717) is 0 Å². The van der Waals surface area contributed by atoms with Crippen LogP contribution in [0.1, 0.15) is 0 Å². The summed E-state index contributed by atoms with van der Waals surface area (Å²) in [6.45, 7) is 0. The predicted octanol–water partition coefficient (Wildman–Crippen LogP) is 1.17. The summed E-state index contributed by atoms with van der Waals surface area (Å²) >= 11 is 1.29. The van der Waals surface area contributed by atoms with Crippen LogP contribution in [0.4, 0.5) is 0 Å². The normalized spacial score (nSPS) is 9.77. The highest BCUT2D eigenvalue weighted by Gasteiger charge is 2.04. The molecule has 1 aromatic carbocycles. The SMILES string of the molecule is COc1ccc(SNN)c(OC)c1. The van der Waals surface area contributed by atoms with E-state index in [9.17, 15) is 0 Å². The first-order valence-electron chi connectivity index (χ1n) is 3.66. The number of ether oxygens (including phenoxy) is 2. The third-order valence-electron chi connectivity index (χ3n) is 1.54. The molecule has 0 saturated carbocycles. The molecule has 0 atom stereocenters. The quantitative estimate of drug-likeness (QED) is 0.434. The third kappa shape index (κ3) is 2.51. The number of nitrogens with two attached hydrogens (primary N) is 1. The smallest absolute Gasteiger partial charge is 0.137 e. The Morgan fingerprint density at radius 2 is 2.08 bits per heavy atom. The molecule has 1 aromatic rings. The van der Waals surface area contributed by atoms with Gasteiger partial charge < -0.3 is 9.47 Å². The van der Waals surface area contributed by atoms with Crippen LogP contribution in [0.15, 0.2) is 23.1 Å². The standard InChI is InChI=1S/C8H12N2O2S/c1-11-6-3-4-8(13-10-9)7(5-6)12-2/h3-5,10H,9H2,1-2H3. The highest BCUT2D eigenvalue weighted by Crippen LogP contribution is 2.30. The van der Waals surface area contributed by atoms with Crippen LogP contribution in [0.5, 0.6) is 11.5 Å². The fourth-order valence-electron chi connectivity index (χ4n) is 0.923. The highest BCUT2D eigenvalue weighted by atomic mass is 32.2. The molecule has 0 radical (unpaired) electrons. The Hall–Kier alpha value is -0.910. The lowest BCUT2D eigenvalue weighted by Gasteiger charge is -2.08. The molecule has 0 heterocycles. The van der Waals surface area contributed by atoms with Crippen molar-refractivity contribution in [2.75, 3.05) is 14.2 Å². The molecule has 4 nitrogen and oxygen atoms in total.